The zero-order valence-corrected chi connectivity index (χ0v) is 13.0. The summed E-state index contributed by atoms with van der Waals surface area (Å²) in [6.45, 7) is 1.10. The summed E-state index contributed by atoms with van der Waals surface area (Å²) >= 11 is 0. The second-order valence-electron chi connectivity index (χ2n) is 6.09. The van der Waals surface area contributed by atoms with Crippen molar-refractivity contribution in [3.8, 4) is 0 Å². The van der Waals surface area contributed by atoms with Gasteiger partial charge in [0, 0.05) is 56.9 Å². The van der Waals surface area contributed by atoms with E-state index in [-0.39, 0.29) is 32.1 Å². The fourth-order valence-electron chi connectivity index (χ4n) is 3.03. The lowest BCUT2D eigenvalue weighted by atomic mass is 10.1. The smallest absolute Gasteiger partial charge is 0.319 e. The molecule has 0 bridgehead atoms. The SMILES string of the molecule is O=C(c1n[nH]c2c1CNCC2)N1CCN(CC(F)(F)C(F)F)CC1. The highest BCUT2D eigenvalue weighted by Gasteiger charge is 2.43. The van der Waals surface area contributed by atoms with Gasteiger partial charge in [0.15, 0.2) is 5.69 Å². The van der Waals surface area contributed by atoms with Gasteiger partial charge in [-0.25, -0.2) is 8.78 Å². The predicted molar refractivity (Wildman–Crippen MR) is 77.3 cm³/mol. The molecule has 3 rings (SSSR count). The number of hydrogen-bond donors (Lipinski definition) is 2. The molecule has 1 saturated heterocycles. The molecule has 0 atom stereocenters. The van der Waals surface area contributed by atoms with Crippen LogP contribution < -0.4 is 5.32 Å². The van der Waals surface area contributed by atoms with Gasteiger partial charge in [0.05, 0.1) is 6.54 Å². The fourth-order valence-corrected chi connectivity index (χ4v) is 3.03. The number of piperazine rings is 1. The number of nitrogens with one attached hydrogen (secondary N) is 2. The van der Waals surface area contributed by atoms with Crippen molar-refractivity contribution in [1.82, 2.24) is 25.3 Å². The van der Waals surface area contributed by atoms with Crippen LogP contribution in [0.25, 0.3) is 0 Å². The molecule has 10 heteroatoms. The Morgan fingerprint density at radius 3 is 2.62 bits per heavy atom. The Morgan fingerprint density at radius 1 is 1.25 bits per heavy atom. The van der Waals surface area contributed by atoms with Crippen LogP contribution in [0, 0.1) is 0 Å². The molecule has 1 amide bonds. The van der Waals surface area contributed by atoms with Crippen LogP contribution in [0.2, 0.25) is 0 Å². The molecule has 1 fully saturated rings. The number of aromatic nitrogens is 2. The van der Waals surface area contributed by atoms with E-state index in [1.165, 1.54) is 9.80 Å². The highest BCUT2D eigenvalue weighted by atomic mass is 19.3. The van der Waals surface area contributed by atoms with E-state index < -0.39 is 18.9 Å². The van der Waals surface area contributed by atoms with Crippen LogP contribution in [0.3, 0.4) is 0 Å². The molecule has 24 heavy (non-hydrogen) atoms. The maximum atomic E-state index is 13.1. The Bertz CT molecular complexity index is 598. The summed E-state index contributed by atoms with van der Waals surface area (Å²) in [5, 5.41) is 10.1. The third kappa shape index (κ3) is 3.39. The number of halogens is 4. The van der Waals surface area contributed by atoms with Crippen molar-refractivity contribution >= 4 is 5.91 Å². The summed E-state index contributed by atoms with van der Waals surface area (Å²) in [6, 6.07) is 0. The van der Waals surface area contributed by atoms with E-state index in [4.69, 9.17) is 0 Å². The van der Waals surface area contributed by atoms with Crippen LogP contribution in [0.15, 0.2) is 0 Å². The van der Waals surface area contributed by atoms with Gasteiger partial charge in [0.1, 0.15) is 0 Å². The quantitative estimate of drug-likeness (QED) is 0.786. The molecule has 0 saturated carbocycles. The molecule has 2 N–H and O–H groups in total. The first kappa shape index (κ1) is 17.2. The molecule has 1 aromatic rings. The lowest BCUT2D eigenvalue weighted by Gasteiger charge is -2.36. The van der Waals surface area contributed by atoms with E-state index in [0.717, 1.165) is 24.2 Å². The number of carbonyl (C=O) groups is 1. The average Bonchev–Trinajstić information content (AvgIpc) is 2.98. The number of rotatable bonds is 4. The van der Waals surface area contributed by atoms with Crippen LogP contribution in [0.4, 0.5) is 17.6 Å². The number of alkyl halides is 4. The zero-order valence-electron chi connectivity index (χ0n) is 13.0. The van der Waals surface area contributed by atoms with E-state index >= 15 is 0 Å². The van der Waals surface area contributed by atoms with Crippen LogP contribution >= 0.6 is 0 Å². The number of aromatic amines is 1. The first-order valence-corrected chi connectivity index (χ1v) is 7.83. The van der Waals surface area contributed by atoms with Crippen molar-refractivity contribution < 1.29 is 22.4 Å². The van der Waals surface area contributed by atoms with E-state index in [2.05, 4.69) is 15.5 Å². The van der Waals surface area contributed by atoms with Gasteiger partial charge in [0.25, 0.3) is 5.91 Å². The molecule has 0 aromatic carbocycles. The molecule has 0 unspecified atom stereocenters. The molecule has 2 aliphatic rings. The largest absolute Gasteiger partial charge is 0.335 e. The van der Waals surface area contributed by atoms with E-state index in [0.29, 0.717) is 12.2 Å². The van der Waals surface area contributed by atoms with Gasteiger partial charge < -0.3 is 10.2 Å². The van der Waals surface area contributed by atoms with Crippen molar-refractivity contribution in [3.05, 3.63) is 17.0 Å². The molecule has 134 valence electrons. The van der Waals surface area contributed by atoms with Gasteiger partial charge in [-0.2, -0.15) is 13.9 Å². The molecule has 6 nitrogen and oxygen atoms in total. The van der Waals surface area contributed by atoms with Crippen molar-refractivity contribution in [2.75, 3.05) is 39.3 Å². The number of fused-ring (bicyclic) bond motifs is 1. The van der Waals surface area contributed by atoms with Gasteiger partial charge in [0.2, 0.25) is 0 Å². The minimum absolute atomic E-state index is 0.138. The fraction of sp³-hybridized carbons (Fsp3) is 0.714. The van der Waals surface area contributed by atoms with E-state index in [1.54, 1.807) is 0 Å². The molecule has 3 heterocycles. The normalized spacial score (nSPS) is 19.6. The summed E-state index contributed by atoms with van der Waals surface area (Å²) in [7, 11) is 0. The highest BCUT2D eigenvalue weighted by molar-refractivity contribution is 5.94. The minimum Gasteiger partial charge on any atom is -0.335 e. The number of nitrogens with zero attached hydrogens (tertiary/aromatic N) is 3. The molecular formula is C14H19F4N5O. The summed E-state index contributed by atoms with van der Waals surface area (Å²) in [4.78, 5) is 15.4. The number of H-pyrrole nitrogens is 1. The summed E-state index contributed by atoms with van der Waals surface area (Å²) < 4.78 is 50.7. The maximum Gasteiger partial charge on any atom is 0.319 e. The average molecular weight is 349 g/mol. The first-order valence-electron chi connectivity index (χ1n) is 7.83. The summed E-state index contributed by atoms with van der Waals surface area (Å²) in [6.07, 6.45) is -2.91. The zero-order chi connectivity index (χ0) is 17.3. The Hall–Kier alpha value is -1.68. The molecule has 0 radical (unpaired) electrons. The van der Waals surface area contributed by atoms with Crippen LogP contribution in [0.1, 0.15) is 21.7 Å². The first-order chi connectivity index (χ1) is 11.4. The van der Waals surface area contributed by atoms with Gasteiger partial charge in [-0.3, -0.25) is 14.8 Å². The third-order valence-corrected chi connectivity index (χ3v) is 4.42. The standard InChI is InChI=1S/C14H19F4N5O/c15-13(16)14(17,18)8-22-3-5-23(6-4-22)12(24)11-9-7-19-2-1-10(9)20-21-11/h13,19H,1-8H2,(H,20,21). The van der Waals surface area contributed by atoms with Gasteiger partial charge >= 0.3 is 12.3 Å². The van der Waals surface area contributed by atoms with Crippen molar-refractivity contribution in [2.45, 2.75) is 25.3 Å². The van der Waals surface area contributed by atoms with Crippen LogP contribution in [-0.4, -0.2) is 77.5 Å². The second-order valence-corrected chi connectivity index (χ2v) is 6.09. The number of amides is 1. The predicted octanol–water partition coefficient (Wildman–Crippen LogP) is 0.714. The van der Waals surface area contributed by atoms with Crippen LogP contribution in [0.5, 0.6) is 0 Å². The topological polar surface area (TPSA) is 64.3 Å². The highest BCUT2D eigenvalue weighted by Crippen LogP contribution is 2.25. The monoisotopic (exact) mass is 349 g/mol. The Labute approximate surface area is 136 Å². The molecule has 0 aliphatic carbocycles. The number of carbonyl (C=O) groups excluding carboxylic acids is 1. The molecule has 0 spiro atoms. The summed E-state index contributed by atoms with van der Waals surface area (Å²) in [5.74, 6) is -4.28. The number of hydrogen-bond acceptors (Lipinski definition) is 4. The van der Waals surface area contributed by atoms with Gasteiger partial charge in [-0.05, 0) is 0 Å². The van der Waals surface area contributed by atoms with Crippen LogP contribution in [-0.2, 0) is 13.0 Å². The van der Waals surface area contributed by atoms with Crippen molar-refractivity contribution in [2.24, 2.45) is 0 Å². The van der Waals surface area contributed by atoms with E-state index in [1.807, 2.05) is 0 Å². The lowest BCUT2D eigenvalue weighted by Crippen LogP contribution is -2.52. The summed E-state index contributed by atoms with van der Waals surface area (Å²) in [5.41, 5.74) is 2.13. The minimum atomic E-state index is -4.03. The Balaban J connectivity index is 1.59. The lowest BCUT2D eigenvalue weighted by molar-refractivity contribution is -0.144. The van der Waals surface area contributed by atoms with Gasteiger partial charge in [-0.1, -0.05) is 0 Å². The van der Waals surface area contributed by atoms with Crippen molar-refractivity contribution in [1.29, 1.82) is 0 Å². The third-order valence-electron chi connectivity index (χ3n) is 4.42. The van der Waals surface area contributed by atoms with E-state index in [9.17, 15) is 22.4 Å². The molecular weight excluding hydrogens is 330 g/mol. The maximum absolute atomic E-state index is 13.1. The Kier molecular flexibility index (Phi) is 4.77. The van der Waals surface area contributed by atoms with Crippen molar-refractivity contribution in [3.63, 3.8) is 0 Å². The Morgan fingerprint density at radius 2 is 1.96 bits per heavy atom. The van der Waals surface area contributed by atoms with Gasteiger partial charge in [-0.15, -0.1) is 0 Å². The molecule has 2 aliphatic heterocycles. The molecule has 1 aromatic heterocycles. The second kappa shape index (κ2) is 6.67.